The summed E-state index contributed by atoms with van der Waals surface area (Å²) in [5, 5.41) is 3.50. The second-order valence-electron chi connectivity index (χ2n) is 6.63. The first-order valence-electron chi connectivity index (χ1n) is 8.33. The average Bonchev–Trinajstić information content (AvgIpc) is 3.36. The Morgan fingerprint density at radius 1 is 1.24 bits per heavy atom. The molecule has 1 aromatic carbocycles. The SMILES string of the molecule is COCCNCc1cc(C)ccc1N(CC1CC1)C1CC1. The topological polar surface area (TPSA) is 24.5 Å². The van der Waals surface area contributed by atoms with Gasteiger partial charge in [0, 0.05) is 38.5 Å². The van der Waals surface area contributed by atoms with Gasteiger partial charge in [-0.1, -0.05) is 17.7 Å². The van der Waals surface area contributed by atoms with Crippen molar-refractivity contribution in [1.29, 1.82) is 0 Å². The fourth-order valence-electron chi connectivity index (χ4n) is 2.94. The molecular formula is C18H28N2O. The predicted octanol–water partition coefficient (Wildman–Crippen LogP) is 3.11. The summed E-state index contributed by atoms with van der Waals surface area (Å²) in [5.41, 5.74) is 4.25. The number of hydrogen-bond donors (Lipinski definition) is 1. The summed E-state index contributed by atoms with van der Waals surface area (Å²) in [6.07, 6.45) is 5.60. The van der Waals surface area contributed by atoms with Gasteiger partial charge in [0.25, 0.3) is 0 Å². The summed E-state index contributed by atoms with van der Waals surface area (Å²) in [5.74, 6) is 0.946. The van der Waals surface area contributed by atoms with E-state index >= 15 is 0 Å². The molecule has 2 saturated carbocycles. The Labute approximate surface area is 128 Å². The minimum Gasteiger partial charge on any atom is -0.383 e. The molecule has 2 aliphatic carbocycles. The van der Waals surface area contributed by atoms with Crippen molar-refractivity contribution in [3.05, 3.63) is 29.3 Å². The summed E-state index contributed by atoms with van der Waals surface area (Å²) >= 11 is 0. The fourth-order valence-corrected chi connectivity index (χ4v) is 2.94. The Morgan fingerprint density at radius 2 is 2.05 bits per heavy atom. The third kappa shape index (κ3) is 4.21. The van der Waals surface area contributed by atoms with E-state index in [2.05, 4.69) is 35.3 Å². The number of benzene rings is 1. The van der Waals surface area contributed by atoms with E-state index in [0.717, 1.165) is 31.7 Å². The Balaban J connectivity index is 1.71. The lowest BCUT2D eigenvalue weighted by Gasteiger charge is -2.28. The van der Waals surface area contributed by atoms with Crippen molar-refractivity contribution in [2.24, 2.45) is 5.92 Å². The highest BCUT2D eigenvalue weighted by molar-refractivity contribution is 5.57. The highest BCUT2D eigenvalue weighted by Gasteiger charge is 2.34. The molecule has 0 aromatic heterocycles. The van der Waals surface area contributed by atoms with Crippen LogP contribution in [-0.4, -0.2) is 32.8 Å². The van der Waals surface area contributed by atoms with E-state index in [-0.39, 0.29) is 0 Å². The smallest absolute Gasteiger partial charge is 0.0587 e. The van der Waals surface area contributed by atoms with Gasteiger partial charge in [-0.15, -0.1) is 0 Å². The minimum atomic E-state index is 0.773. The van der Waals surface area contributed by atoms with Crippen LogP contribution >= 0.6 is 0 Å². The third-order valence-electron chi connectivity index (χ3n) is 4.48. The number of anilines is 1. The van der Waals surface area contributed by atoms with E-state index in [1.54, 1.807) is 7.11 Å². The zero-order chi connectivity index (χ0) is 14.7. The molecule has 0 spiro atoms. The van der Waals surface area contributed by atoms with E-state index in [1.807, 2.05) is 0 Å². The van der Waals surface area contributed by atoms with Crippen molar-refractivity contribution in [2.45, 2.75) is 45.2 Å². The molecule has 0 aliphatic heterocycles. The highest BCUT2D eigenvalue weighted by Crippen LogP contribution is 2.39. The summed E-state index contributed by atoms with van der Waals surface area (Å²) < 4.78 is 5.12. The third-order valence-corrected chi connectivity index (χ3v) is 4.48. The lowest BCUT2D eigenvalue weighted by Crippen LogP contribution is -2.30. The number of methoxy groups -OCH3 is 1. The van der Waals surface area contributed by atoms with Crippen LogP contribution in [0.2, 0.25) is 0 Å². The lowest BCUT2D eigenvalue weighted by atomic mass is 10.1. The fraction of sp³-hybridized carbons (Fsp3) is 0.667. The van der Waals surface area contributed by atoms with Gasteiger partial charge in [-0.05, 0) is 50.2 Å². The number of nitrogens with zero attached hydrogens (tertiary/aromatic N) is 1. The number of hydrogen-bond acceptors (Lipinski definition) is 3. The molecule has 3 rings (SSSR count). The van der Waals surface area contributed by atoms with Crippen molar-refractivity contribution >= 4 is 5.69 Å². The van der Waals surface area contributed by atoms with Gasteiger partial charge in [0.15, 0.2) is 0 Å². The van der Waals surface area contributed by atoms with Crippen LogP contribution in [0.3, 0.4) is 0 Å². The van der Waals surface area contributed by atoms with Crippen LogP contribution in [0.15, 0.2) is 18.2 Å². The van der Waals surface area contributed by atoms with Crippen LogP contribution in [-0.2, 0) is 11.3 Å². The summed E-state index contributed by atoms with van der Waals surface area (Å²) in [4.78, 5) is 2.68. The standard InChI is InChI=1S/C18H28N2O/c1-14-3-8-18(16(11-14)12-19-9-10-21-2)20(17-6-7-17)13-15-4-5-15/h3,8,11,15,17,19H,4-7,9-10,12-13H2,1-2H3. The highest BCUT2D eigenvalue weighted by atomic mass is 16.5. The molecule has 0 atom stereocenters. The van der Waals surface area contributed by atoms with Gasteiger partial charge in [0.2, 0.25) is 0 Å². The maximum Gasteiger partial charge on any atom is 0.0587 e. The number of aryl methyl sites for hydroxylation is 1. The largest absolute Gasteiger partial charge is 0.383 e. The second-order valence-corrected chi connectivity index (χ2v) is 6.63. The second kappa shape index (κ2) is 6.80. The van der Waals surface area contributed by atoms with Crippen LogP contribution in [0.5, 0.6) is 0 Å². The molecule has 116 valence electrons. The normalized spacial score (nSPS) is 18.0. The summed E-state index contributed by atoms with van der Waals surface area (Å²) in [7, 11) is 1.75. The Hall–Kier alpha value is -1.06. The van der Waals surface area contributed by atoms with Crippen molar-refractivity contribution < 1.29 is 4.74 Å². The molecule has 1 aromatic rings. The van der Waals surface area contributed by atoms with Crippen LogP contribution in [0.4, 0.5) is 5.69 Å². The van der Waals surface area contributed by atoms with Gasteiger partial charge >= 0.3 is 0 Å². The first kappa shape index (κ1) is 14.9. The lowest BCUT2D eigenvalue weighted by molar-refractivity contribution is 0.199. The van der Waals surface area contributed by atoms with Crippen molar-refractivity contribution in [1.82, 2.24) is 5.32 Å². The van der Waals surface area contributed by atoms with Crippen LogP contribution in [0.25, 0.3) is 0 Å². The quantitative estimate of drug-likeness (QED) is 0.707. The zero-order valence-electron chi connectivity index (χ0n) is 13.4. The molecule has 3 nitrogen and oxygen atoms in total. The molecule has 0 unspecified atom stereocenters. The maximum atomic E-state index is 5.12. The van der Waals surface area contributed by atoms with Crippen LogP contribution in [0.1, 0.15) is 36.8 Å². The van der Waals surface area contributed by atoms with Crippen molar-refractivity contribution in [2.75, 3.05) is 31.7 Å². The Morgan fingerprint density at radius 3 is 2.71 bits per heavy atom. The molecule has 0 amide bonds. The van der Waals surface area contributed by atoms with E-state index in [4.69, 9.17) is 4.74 Å². The molecule has 2 aliphatic rings. The molecule has 0 saturated heterocycles. The predicted molar refractivity (Wildman–Crippen MR) is 87.9 cm³/mol. The monoisotopic (exact) mass is 288 g/mol. The Kier molecular flexibility index (Phi) is 4.81. The molecule has 21 heavy (non-hydrogen) atoms. The van der Waals surface area contributed by atoms with E-state index in [9.17, 15) is 0 Å². The first-order chi connectivity index (χ1) is 10.3. The van der Waals surface area contributed by atoms with Crippen molar-refractivity contribution in [3.8, 4) is 0 Å². The maximum absolute atomic E-state index is 5.12. The van der Waals surface area contributed by atoms with Gasteiger partial charge in [-0.2, -0.15) is 0 Å². The summed E-state index contributed by atoms with van der Waals surface area (Å²) in [6, 6.07) is 7.74. The molecule has 3 heteroatoms. The van der Waals surface area contributed by atoms with E-state index in [0.29, 0.717) is 0 Å². The van der Waals surface area contributed by atoms with Crippen LogP contribution < -0.4 is 10.2 Å². The van der Waals surface area contributed by atoms with Gasteiger partial charge in [-0.3, -0.25) is 0 Å². The van der Waals surface area contributed by atoms with Gasteiger partial charge in [-0.25, -0.2) is 0 Å². The number of nitrogens with one attached hydrogen (secondary N) is 1. The molecule has 0 bridgehead atoms. The van der Waals surface area contributed by atoms with E-state index < -0.39 is 0 Å². The minimum absolute atomic E-state index is 0.773. The summed E-state index contributed by atoms with van der Waals surface area (Å²) in [6.45, 7) is 6.07. The molecule has 0 heterocycles. The molecule has 2 fully saturated rings. The van der Waals surface area contributed by atoms with Crippen LogP contribution in [0, 0.1) is 12.8 Å². The Bertz CT molecular complexity index is 466. The number of rotatable bonds is 9. The average molecular weight is 288 g/mol. The molecule has 1 N–H and O–H groups in total. The van der Waals surface area contributed by atoms with Gasteiger partial charge in [0.05, 0.1) is 6.61 Å². The van der Waals surface area contributed by atoms with E-state index in [1.165, 1.54) is 49.0 Å². The van der Waals surface area contributed by atoms with Gasteiger partial charge < -0.3 is 15.0 Å². The number of ether oxygens (including phenoxy) is 1. The first-order valence-corrected chi connectivity index (χ1v) is 8.33. The molecule has 0 radical (unpaired) electrons. The van der Waals surface area contributed by atoms with Gasteiger partial charge in [0.1, 0.15) is 0 Å². The van der Waals surface area contributed by atoms with Crippen molar-refractivity contribution in [3.63, 3.8) is 0 Å². The zero-order valence-corrected chi connectivity index (χ0v) is 13.4. The molecular weight excluding hydrogens is 260 g/mol.